The van der Waals surface area contributed by atoms with Gasteiger partial charge < -0.3 is 14.8 Å². The van der Waals surface area contributed by atoms with E-state index in [2.05, 4.69) is 24.4 Å². The molecule has 3 nitrogen and oxygen atoms in total. The summed E-state index contributed by atoms with van der Waals surface area (Å²) < 4.78 is 5.30. The molecule has 0 atom stereocenters. The van der Waals surface area contributed by atoms with Gasteiger partial charge >= 0.3 is 0 Å². The molecule has 0 bridgehead atoms. The van der Waals surface area contributed by atoms with Crippen LogP contribution in [0.4, 0.5) is 0 Å². The predicted molar refractivity (Wildman–Crippen MR) is 74.0 cm³/mol. The van der Waals surface area contributed by atoms with Crippen LogP contribution in [0, 0.1) is 0 Å². The first-order valence-corrected chi connectivity index (χ1v) is 6.53. The van der Waals surface area contributed by atoms with Gasteiger partial charge in [0.15, 0.2) is 0 Å². The van der Waals surface area contributed by atoms with Gasteiger partial charge in [0.1, 0.15) is 11.5 Å². The summed E-state index contributed by atoms with van der Waals surface area (Å²) in [5.74, 6) is 1.22. The first-order chi connectivity index (χ1) is 8.67. The summed E-state index contributed by atoms with van der Waals surface area (Å²) in [6.45, 7) is 5.49. The van der Waals surface area contributed by atoms with Crippen molar-refractivity contribution in [3.05, 3.63) is 29.3 Å². The average molecular weight is 249 g/mol. The maximum atomic E-state index is 10.8. The van der Waals surface area contributed by atoms with Gasteiger partial charge in [-0.15, -0.1) is 0 Å². The third kappa shape index (κ3) is 4.88. The second kappa shape index (κ2) is 7.88. The lowest BCUT2D eigenvalue weighted by Crippen LogP contribution is -2.15. The number of aryl methyl sites for hydroxylation is 1. The zero-order chi connectivity index (χ0) is 13.4. The van der Waals surface area contributed by atoms with Crippen molar-refractivity contribution in [1.29, 1.82) is 0 Å². The van der Waals surface area contributed by atoms with Crippen molar-refractivity contribution < 1.29 is 9.53 Å². The number of ketones is 1. The van der Waals surface area contributed by atoms with E-state index in [0.717, 1.165) is 31.7 Å². The molecule has 0 radical (unpaired) electrons. The number of carbonyl (C=O) groups excluding carboxylic acids is 1. The molecule has 0 aromatic heterocycles. The van der Waals surface area contributed by atoms with Crippen LogP contribution < -0.4 is 10.1 Å². The molecular formula is C15H23NO2. The maximum Gasteiger partial charge on any atom is 0.129 e. The quantitative estimate of drug-likeness (QED) is 0.720. The van der Waals surface area contributed by atoms with Gasteiger partial charge in [0.25, 0.3) is 0 Å². The minimum atomic E-state index is 0.259. The molecular weight excluding hydrogens is 226 g/mol. The molecule has 0 heterocycles. The van der Waals surface area contributed by atoms with E-state index in [9.17, 15) is 4.79 Å². The van der Waals surface area contributed by atoms with Crippen LogP contribution in [-0.4, -0.2) is 19.4 Å². The number of nitrogens with one attached hydrogen (secondary N) is 1. The Morgan fingerprint density at radius 1 is 1.39 bits per heavy atom. The van der Waals surface area contributed by atoms with E-state index in [-0.39, 0.29) is 5.78 Å². The minimum absolute atomic E-state index is 0.259. The van der Waals surface area contributed by atoms with Crippen LogP contribution in [0.25, 0.3) is 0 Å². The molecule has 0 aliphatic heterocycles. The molecule has 0 saturated heterocycles. The summed E-state index contributed by atoms with van der Waals surface area (Å²) in [7, 11) is 1.70. The minimum Gasteiger partial charge on any atom is -0.496 e. The molecule has 1 N–H and O–H groups in total. The Morgan fingerprint density at radius 3 is 2.78 bits per heavy atom. The van der Waals surface area contributed by atoms with E-state index in [1.54, 1.807) is 14.0 Å². The summed E-state index contributed by atoms with van der Waals surface area (Å²) in [6, 6.07) is 6.28. The molecule has 0 aliphatic rings. The highest BCUT2D eigenvalue weighted by Crippen LogP contribution is 2.20. The summed E-state index contributed by atoms with van der Waals surface area (Å²) in [6.07, 6.45) is 2.54. The Bertz CT molecular complexity index is 388. The zero-order valence-corrected chi connectivity index (χ0v) is 11.6. The van der Waals surface area contributed by atoms with Crippen molar-refractivity contribution in [2.45, 2.75) is 39.7 Å². The maximum absolute atomic E-state index is 10.8. The van der Waals surface area contributed by atoms with Crippen LogP contribution in [0.1, 0.15) is 37.8 Å². The molecule has 1 rings (SSSR count). The molecule has 0 saturated carbocycles. The summed E-state index contributed by atoms with van der Waals surface area (Å²) in [5.41, 5.74) is 2.50. The molecule has 0 fully saturated rings. The van der Waals surface area contributed by atoms with Gasteiger partial charge in [0.2, 0.25) is 0 Å². The third-order valence-electron chi connectivity index (χ3n) is 2.94. The largest absolute Gasteiger partial charge is 0.496 e. The van der Waals surface area contributed by atoms with Gasteiger partial charge in [-0.1, -0.05) is 19.1 Å². The van der Waals surface area contributed by atoms with Crippen molar-refractivity contribution in [3.63, 3.8) is 0 Å². The highest BCUT2D eigenvalue weighted by atomic mass is 16.5. The van der Waals surface area contributed by atoms with E-state index in [4.69, 9.17) is 4.74 Å². The van der Waals surface area contributed by atoms with Crippen molar-refractivity contribution in [2.24, 2.45) is 0 Å². The smallest absolute Gasteiger partial charge is 0.129 e. The first kappa shape index (κ1) is 14.7. The van der Waals surface area contributed by atoms with Gasteiger partial charge in [0, 0.05) is 13.0 Å². The standard InChI is InChI=1S/C15H23NO2/c1-4-14-10-13(7-8-15(14)18-3)11-16-9-5-6-12(2)17/h7-8,10,16H,4-6,9,11H2,1-3H3. The van der Waals surface area contributed by atoms with Crippen LogP contribution in [0.15, 0.2) is 18.2 Å². The highest BCUT2D eigenvalue weighted by Gasteiger charge is 2.02. The molecule has 0 aliphatic carbocycles. The predicted octanol–water partition coefficient (Wildman–Crippen LogP) is 2.72. The fourth-order valence-electron chi connectivity index (χ4n) is 1.91. The van der Waals surface area contributed by atoms with Gasteiger partial charge in [-0.2, -0.15) is 0 Å². The third-order valence-corrected chi connectivity index (χ3v) is 2.94. The lowest BCUT2D eigenvalue weighted by atomic mass is 10.1. The normalized spacial score (nSPS) is 10.4. The van der Waals surface area contributed by atoms with Gasteiger partial charge in [-0.25, -0.2) is 0 Å². The van der Waals surface area contributed by atoms with E-state index in [1.807, 2.05) is 6.07 Å². The van der Waals surface area contributed by atoms with Gasteiger partial charge in [-0.05, 0) is 43.5 Å². The summed E-state index contributed by atoms with van der Waals surface area (Å²) in [4.78, 5) is 10.8. The van der Waals surface area contributed by atoms with Crippen molar-refractivity contribution in [2.75, 3.05) is 13.7 Å². The highest BCUT2D eigenvalue weighted by molar-refractivity contribution is 5.75. The first-order valence-electron chi connectivity index (χ1n) is 6.53. The molecule has 3 heteroatoms. The fraction of sp³-hybridized carbons (Fsp3) is 0.533. The number of methoxy groups -OCH3 is 1. The molecule has 1 aromatic rings. The Morgan fingerprint density at radius 2 is 2.17 bits per heavy atom. The number of hydrogen-bond donors (Lipinski definition) is 1. The van der Waals surface area contributed by atoms with E-state index in [0.29, 0.717) is 6.42 Å². The lowest BCUT2D eigenvalue weighted by Gasteiger charge is -2.10. The van der Waals surface area contributed by atoms with Crippen molar-refractivity contribution in [3.8, 4) is 5.75 Å². The Kier molecular flexibility index (Phi) is 6.44. The number of ether oxygens (including phenoxy) is 1. The van der Waals surface area contributed by atoms with Crippen LogP contribution in [0.5, 0.6) is 5.75 Å². The lowest BCUT2D eigenvalue weighted by molar-refractivity contribution is -0.117. The van der Waals surface area contributed by atoms with Gasteiger partial charge in [0.05, 0.1) is 7.11 Å². The Labute approximate surface area is 110 Å². The van der Waals surface area contributed by atoms with Crippen LogP contribution in [0.2, 0.25) is 0 Å². The van der Waals surface area contributed by atoms with Crippen LogP contribution in [-0.2, 0) is 17.8 Å². The number of Topliss-reactive ketones (excluding diaryl/α,β-unsaturated/α-hetero) is 1. The Balaban J connectivity index is 2.40. The second-order valence-electron chi connectivity index (χ2n) is 4.48. The second-order valence-corrected chi connectivity index (χ2v) is 4.48. The molecule has 0 unspecified atom stereocenters. The molecule has 100 valence electrons. The number of hydrogen-bond acceptors (Lipinski definition) is 3. The van der Waals surface area contributed by atoms with Crippen LogP contribution in [0.3, 0.4) is 0 Å². The molecule has 0 amide bonds. The van der Waals surface area contributed by atoms with E-state index in [1.165, 1.54) is 11.1 Å². The fourth-order valence-corrected chi connectivity index (χ4v) is 1.91. The number of rotatable bonds is 8. The summed E-state index contributed by atoms with van der Waals surface area (Å²) in [5, 5.41) is 3.35. The van der Waals surface area contributed by atoms with Crippen molar-refractivity contribution in [1.82, 2.24) is 5.32 Å². The van der Waals surface area contributed by atoms with Crippen LogP contribution >= 0.6 is 0 Å². The summed E-state index contributed by atoms with van der Waals surface area (Å²) >= 11 is 0. The zero-order valence-electron chi connectivity index (χ0n) is 11.6. The van der Waals surface area contributed by atoms with E-state index < -0.39 is 0 Å². The SMILES string of the molecule is CCc1cc(CNCCCC(C)=O)ccc1OC. The topological polar surface area (TPSA) is 38.3 Å². The average Bonchev–Trinajstić information content (AvgIpc) is 2.37. The van der Waals surface area contributed by atoms with Crippen molar-refractivity contribution >= 4 is 5.78 Å². The Hall–Kier alpha value is -1.35. The van der Waals surface area contributed by atoms with Gasteiger partial charge in [-0.3, -0.25) is 0 Å². The number of carbonyl (C=O) groups is 1. The molecule has 1 aromatic carbocycles. The molecule has 18 heavy (non-hydrogen) atoms. The van der Waals surface area contributed by atoms with E-state index >= 15 is 0 Å². The number of benzene rings is 1. The monoisotopic (exact) mass is 249 g/mol. The molecule has 0 spiro atoms.